The van der Waals surface area contributed by atoms with Gasteiger partial charge in [-0.3, -0.25) is 9.59 Å². The molecule has 0 heterocycles. The fourth-order valence-corrected chi connectivity index (χ4v) is 3.44. The van der Waals surface area contributed by atoms with Gasteiger partial charge in [-0.25, -0.2) is 0 Å². The molecule has 4 heteroatoms. The zero-order valence-electron chi connectivity index (χ0n) is 18.4. The van der Waals surface area contributed by atoms with Gasteiger partial charge in [0.2, 0.25) is 0 Å². The van der Waals surface area contributed by atoms with Gasteiger partial charge >= 0.3 is 0 Å². The Balaban J connectivity index is 1.84. The topological polar surface area (TPSA) is 49.4 Å². The van der Waals surface area contributed by atoms with Crippen molar-refractivity contribution in [2.24, 2.45) is 11.8 Å². The Kier molecular flexibility index (Phi) is 8.44. The lowest BCUT2D eigenvalue weighted by atomic mass is 9.96. The van der Waals surface area contributed by atoms with E-state index >= 15 is 0 Å². The monoisotopic (exact) mass is 394 g/mol. The van der Waals surface area contributed by atoms with E-state index in [1.807, 2.05) is 36.4 Å². The van der Waals surface area contributed by atoms with Crippen LogP contribution in [0.15, 0.2) is 48.5 Å². The first kappa shape index (κ1) is 22.7. The summed E-state index contributed by atoms with van der Waals surface area (Å²) in [6.07, 6.45) is 2.76. The number of nitrogens with one attached hydrogen (secondary N) is 1. The Hall–Kier alpha value is -2.62. The van der Waals surface area contributed by atoms with Crippen molar-refractivity contribution < 1.29 is 9.59 Å². The molecule has 2 aromatic carbocycles. The average Bonchev–Trinajstić information content (AvgIpc) is 2.67. The van der Waals surface area contributed by atoms with Crippen LogP contribution in [0.3, 0.4) is 0 Å². The summed E-state index contributed by atoms with van der Waals surface area (Å²) in [5.41, 5.74) is 3.80. The minimum absolute atomic E-state index is 0.0126. The quantitative estimate of drug-likeness (QED) is 0.676. The van der Waals surface area contributed by atoms with E-state index in [0.717, 1.165) is 30.4 Å². The summed E-state index contributed by atoms with van der Waals surface area (Å²) in [4.78, 5) is 26.2. The number of rotatable bonds is 9. The van der Waals surface area contributed by atoms with Crippen molar-refractivity contribution in [3.8, 4) is 0 Å². The van der Waals surface area contributed by atoms with Gasteiger partial charge in [-0.1, -0.05) is 45.0 Å². The summed E-state index contributed by atoms with van der Waals surface area (Å²) in [5.74, 6) is 0.987. The summed E-state index contributed by atoms with van der Waals surface area (Å²) in [6, 6.07) is 15.7. The summed E-state index contributed by atoms with van der Waals surface area (Å²) in [6.45, 7) is 7.18. The second-order valence-corrected chi connectivity index (χ2v) is 8.55. The zero-order chi connectivity index (χ0) is 21.4. The molecular weight excluding hydrogens is 360 g/mol. The molecule has 29 heavy (non-hydrogen) atoms. The maximum atomic E-state index is 12.5. The van der Waals surface area contributed by atoms with Crippen molar-refractivity contribution in [1.82, 2.24) is 10.2 Å². The van der Waals surface area contributed by atoms with Crippen LogP contribution in [0.5, 0.6) is 0 Å². The van der Waals surface area contributed by atoms with Gasteiger partial charge in [0.15, 0.2) is 0 Å². The van der Waals surface area contributed by atoms with Crippen LogP contribution in [0.2, 0.25) is 0 Å². The van der Waals surface area contributed by atoms with Crippen LogP contribution in [-0.2, 0) is 12.8 Å². The second kappa shape index (κ2) is 10.8. The fraction of sp³-hybridized carbons (Fsp3) is 0.440. The van der Waals surface area contributed by atoms with E-state index in [4.69, 9.17) is 0 Å². The molecule has 0 aliphatic rings. The lowest BCUT2D eigenvalue weighted by molar-refractivity contribution is 0.0827. The highest BCUT2D eigenvalue weighted by Crippen LogP contribution is 2.15. The molecular formula is C25H34N2O2. The predicted molar refractivity (Wildman–Crippen MR) is 119 cm³/mol. The van der Waals surface area contributed by atoms with E-state index in [1.54, 1.807) is 19.0 Å². The number of hydrogen-bond acceptors (Lipinski definition) is 2. The third-order valence-corrected chi connectivity index (χ3v) is 4.92. The number of hydrogen-bond donors (Lipinski definition) is 1. The maximum absolute atomic E-state index is 12.5. The lowest BCUT2D eigenvalue weighted by Crippen LogP contribution is -2.26. The minimum Gasteiger partial charge on any atom is -0.352 e. The van der Waals surface area contributed by atoms with E-state index in [9.17, 15) is 9.59 Å². The molecule has 0 radical (unpaired) electrons. The summed E-state index contributed by atoms with van der Waals surface area (Å²) >= 11 is 0. The van der Waals surface area contributed by atoms with Crippen LogP contribution in [0.4, 0.5) is 0 Å². The Labute approximate surface area is 175 Å². The van der Waals surface area contributed by atoms with Crippen LogP contribution in [0.25, 0.3) is 0 Å². The third-order valence-electron chi connectivity index (χ3n) is 4.92. The van der Waals surface area contributed by atoms with Gasteiger partial charge in [-0.2, -0.15) is 0 Å². The van der Waals surface area contributed by atoms with Crippen molar-refractivity contribution in [3.63, 3.8) is 0 Å². The molecule has 0 aliphatic carbocycles. The number of carbonyl (C=O) groups is 2. The molecule has 0 saturated carbocycles. The van der Waals surface area contributed by atoms with Crippen molar-refractivity contribution in [3.05, 3.63) is 70.8 Å². The molecule has 2 aromatic rings. The molecule has 1 unspecified atom stereocenters. The SMILES string of the molecule is CC(C)Cc1cccc(C(=O)NCCC(C)Cc2cccc(C(=O)N(C)C)c2)c1. The summed E-state index contributed by atoms with van der Waals surface area (Å²) in [7, 11) is 3.53. The first-order valence-electron chi connectivity index (χ1n) is 10.4. The molecule has 4 nitrogen and oxygen atoms in total. The number of benzene rings is 2. The number of amides is 2. The Bertz CT molecular complexity index is 827. The fourth-order valence-electron chi connectivity index (χ4n) is 3.44. The first-order valence-corrected chi connectivity index (χ1v) is 10.4. The smallest absolute Gasteiger partial charge is 0.253 e. The second-order valence-electron chi connectivity index (χ2n) is 8.55. The van der Waals surface area contributed by atoms with Gasteiger partial charge in [-0.15, -0.1) is 0 Å². The van der Waals surface area contributed by atoms with Crippen LogP contribution in [0, 0.1) is 11.8 Å². The molecule has 2 amide bonds. The minimum atomic E-state index is -0.0126. The molecule has 0 spiro atoms. The molecule has 2 rings (SSSR count). The van der Waals surface area contributed by atoms with Gasteiger partial charge in [0.1, 0.15) is 0 Å². The average molecular weight is 395 g/mol. The highest BCUT2D eigenvalue weighted by molar-refractivity contribution is 5.94. The van der Waals surface area contributed by atoms with E-state index < -0.39 is 0 Å². The van der Waals surface area contributed by atoms with Crippen molar-refractivity contribution in [2.75, 3.05) is 20.6 Å². The molecule has 0 aromatic heterocycles. The standard InChI is InChI=1S/C25H34N2O2/c1-18(2)14-20-8-6-10-22(16-20)24(28)26-13-12-19(3)15-21-9-7-11-23(17-21)25(29)27(4)5/h6-11,16-19H,12-15H2,1-5H3,(H,26,28). The van der Waals surface area contributed by atoms with Crippen LogP contribution < -0.4 is 5.32 Å². The maximum Gasteiger partial charge on any atom is 0.253 e. The largest absolute Gasteiger partial charge is 0.352 e. The normalized spacial score (nSPS) is 11.9. The van der Waals surface area contributed by atoms with Gasteiger partial charge in [0.25, 0.3) is 11.8 Å². The molecule has 156 valence electrons. The highest BCUT2D eigenvalue weighted by atomic mass is 16.2. The molecule has 0 saturated heterocycles. The zero-order valence-corrected chi connectivity index (χ0v) is 18.4. The Morgan fingerprint density at radius 3 is 2.10 bits per heavy atom. The van der Waals surface area contributed by atoms with Crippen molar-refractivity contribution in [2.45, 2.75) is 40.0 Å². The van der Waals surface area contributed by atoms with Gasteiger partial charge < -0.3 is 10.2 Å². The van der Waals surface area contributed by atoms with Gasteiger partial charge in [-0.05, 0) is 66.5 Å². The third kappa shape index (κ3) is 7.37. The highest BCUT2D eigenvalue weighted by Gasteiger charge is 2.11. The summed E-state index contributed by atoms with van der Waals surface area (Å²) < 4.78 is 0. The predicted octanol–water partition coefficient (Wildman–Crippen LogP) is 4.59. The van der Waals surface area contributed by atoms with E-state index in [-0.39, 0.29) is 11.8 Å². The molecule has 1 atom stereocenters. The summed E-state index contributed by atoms with van der Waals surface area (Å²) in [5, 5.41) is 3.04. The molecule has 0 aliphatic heterocycles. The molecule has 1 N–H and O–H groups in total. The molecule has 0 bridgehead atoms. The van der Waals surface area contributed by atoms with Crippen molar-refractivity contribution in [1.29, 1.82) is 0 Å². The van der Waals surface area contributed by atoms with Crippen LogP contribution in [0.1, 0.15) is 59.0 Å². The van der Waals surface area contributed by atoms with E-state index in [1.165, 1.54) is 5.56 Å². The Morgan fingerprint density at radius 2 is 1.48 bits per heavy atom. The van der Waals surface area contributed by atoms with Crippen molar-refractivity contribution >= 4 is 11.8 Å². The first-order chi connectivity index (χ1) is 13.8. The number of nitrogens with zero attached hydrogens (tertiary/aromatic N) is 1. The number of carbonyl (C=O) groups excluding carboxylic acids is 2. The lowest BCUT2D eigenvalue weighted by Gasteiger charge is -2.14. The van der Waals surface area contributed by atoms with E-state index in [2.05, 4.69) is 38.2 Å². The van der Waals surface area contributed by atoms with Gasteiger partial charge in [0.05, 0.1) is 0 Å². The molecule has 0 fully saturated rings. The van der Waals surface area contributed by atoms with Crippen LogP contribution >= 0.6 is 0 Å². The Morgan fingerprint density at radius 1 is 0.897 bits per heavy atom. The van der Waals surface area contributed by atoms with Crippen LogP contribution in [-0.4, -0.2) is 37.4 Å². The van der Waals surface area contributed by atoms with Gasteiger partial charge in [0, 0.05) is 31.8 Å². The van der Waals surface area contributed by atoms with E-state index in [0.29, 0.717) is 23.9 Å².